The number of nitrogens with zero attached hydrogens (tertiary/aromatic N) is 3. The molecule has 0 atom stereocenters. The van der Waals surface area contributed by atoms with E-state index in [1.54, 1.807) is 18.8 Å². The van der Waals surface area contributed by atoms with Crippen molar-refractivity contribution in [3.8, 4) is 22.5 Å². The average Bonchev–Trinajstić information content (AvgIpc) is 3.24. The zero-order chi connectivity index (χ0) is 19.6. The Morgan fingerprint density at radius 2 is 1.62 bits per heavy atom. The summed E-state index contributed by atoms with van der Waals surface area (Å²) in [6, 6.07) is 25.0. The van der Waals surface area contributed by atoms with Crippen molar-refractivity contribution >= 4 is 33.7 Å². The quantitative estimate of drug-likeness (QED) is 0.515. The van der Waals surface area contributed by atoms with Gasteiger partial charge in [-0.1, -0.05) is 78.5 Å². The fourth-order valence-electron chi connectivity index (χ4n) is 3.42. The molecule has 1 aliphatic rings. The van der Waals surface area contributed by atoms with Crippen LogP contribution in [0.15, 0.2) is 82.9 Å². The zero-order valence-corrected chi connectivity index (χ0v) is 16.7. The molecule has 0 saturated heterocycles. The maximum Gasteiger partial charge on any atom is 0.177 e. The normalized spacial score (nSPS) is 15.3. The number of fused-ring (bicyclic) bond motifs is 1. The molecule has 6 heteroatoms. The number of imidazole rings is 1. The summed E-state index contributed by atoms with van der Waals surface area (Å²) in [6.45, 7) is 0. The lowest BCUT2D eigenvalue weighted by molar-refractivity contribution is 1.03. The molecule has 0 amide bonds. The lowest BCUT2D eigenvalue weighted by Crippen LogP contribution is -2.25. The molecule has 0 saturated carbocycles. The highest BCUT2D eigenvalue weighted by Crippen LogP contribution is 2.27. The van der Waals surface area contributed by atoms with E-state index in [1.165, 1.54) is 11.1 Å². The number of benzene rings is 3. The van der Waals surface area contributed by atoms with Gasteiger partial charge in [0.1, 0.15) is 5.82 Å². The van der Waals surface area contributed by atoms with Crippen LogP contribution in [-0.2, 0) is 0 Å². The minimum atomic E-state index is 0.771. The van der Waals surface area contributed by atoms with Crippen molar-refractivity contribution < 1.29 is 0 Å². The van der Waals surface area contributed by atoms with E-state index in [1.807, 2.05) is 12.1 Å². The molecule has 5 rings (SSSR count). The highest BCUT2D eigenvalue weighted by atomic mass is 32.2. The highest BCUT2D eigenvalue weighted by Gasteiger charge is 2.17. The monoisotopic (exact) mass is 397 g/mol. The van der Waals surface area contributed by atoms with Gasteiger partial charge in [0, 0.05) is 23.9 Å². The Balaban J connectivity index is 1.50. The van der Waals surface area contributed by atoms with Gasteiger partial charge in [-0.25, -0.2) is 4.98 Å². The number of aliphatic imine (C=N–C) groups is 1. The van der Waals surface area contributed by atoms with Crippen molar-refractivity contribution in [1.82, 2.24) is 15.4 Å². The number of thioether (sulfide) groups is 1. The number of hydrogen-bond acceptors (Lipinski definition) is 4. The number of para-hydroxylation sites is 1. The van der Waals surface area contributed by atoms with Crippen LogP contribution in [-0.4, -0.2) is 33.6 Å². The fourth-order valence-corrected chi connectivity index (χ4v) is 4.15. The first-order chi connectivity index (χ1) is 14.3. The molecule has 29 heavy (non-hydrogen) atoms. The van der Waals surface area contributed by atoms with Gasteiger partial charge >= 0.3 is 0 Å². The number of rotatable bonds is 3. The molecule has 0 unspecified atom stereocenters. The van der Waals surface area contributed by atoms with Gasteiger partial charge in [0.25, 0.3) is 0 Å². The standard InChI is InChI=1S/C23H19N5S/c1-24-23-28-27-20(14-29-23)18-8-5-9-19-21(18)26-22(25-19)17-12-10-16(11-13-17)15-6-3-2-4-7-15/h2-13H,14H2,1H3,(H,24,28)(H,25,26). The Labute approximate surface area is 173 Å². The van der Waals surface area contributed by atoms with E-state index in [2.05, 4.69) is 81.2 Å². The molecule has 1 aromatic heterocycles. The molecule has 2 heterocycles. The molecule has 142 valence electrons. The van der Waals surface area contributed by atoms with Crippen LogP contribution >= 0.6 is 11.8 Å². The van der Waals surface area contributed by atoms with E-state index in [0.29, 0.717) is 0 Å². The maximum atomic E-state index is 4.90. The second kappa shape index (κ2) is 7.56. The molecular weight excluding hydrogens is 378 g/mol. The number of H-pyrrole nitrogens is 1. The molecule has 1 aliphatic heterocycles. The average molecular weight is 398 g/mol. The van der Waals surface area contributed by atoms with Crippen LogP contribution in [0, 0.1) is 0 Å². The minimum Gasteiger partial charge on any atom is -0.338 e. The summed E-state index contributed by atoms with van der Waals surface area (Å²) in [4.78, 5) is 12.5. The maximum absolute atomic E-state index is 4.90. The summed E-state index contributed by atoms with van der Waals surface area (Å²) in [5, 5.41) is 5.33. The Morgan fingerprint density at radius 1 is 0.862 bits per heavy atom. The summed E-state index contributed by atoms with van der Waals surface area (Å²) < 4.78 is 0. The van der Waals surface area contributed by atoms with Crippen LogP contribution in [0.3, 0.4) is 0 Å². The summed E-state index contributed by atoms with van der Waals surface area (Å²) >= 11 is 1.65. The van der Waals surface area contributed by atoms with E-state index in [-0.39, 0.29) is 0 Å². The molecule has 3 aromatic carbocycles. The van der Waals surface area contributed by atoms with Crippen LogP contribution in [0.5, 0.6) is 0 Å². The second-order valence-corrected chi connectivity index (χ2v) is 7.68. The molecule has 0 spiro atoms. The largest absolute Gasteiger partial charge is 0.338 e. The van der Waals surface area contributed by atoms with E-state index in [0.717, 1.165) is 44.6 Å². The van der Waals surface area contributed by atoms with E-state index >= 15 is 0 Å². The Kier molecular flexibility index (Phi) is 4.62. The first-order valence-electron chi connectivity index (χ1n) is 9.39. The zero-order valence-electron chi connectivity index (χ0n) is 15.9. The van der Waals surface area contributed by atoms with Gasteiger partial charge in [0.15, 0.2) is 5.17 Å². The lowest BCUT2D eigenvalue weighted by atomic mass is 10.0. The number of aromatic amines is 1. The van der Waals surface area contributed by atoms with Gasteiger partial charge in [-0.15, -0.1) is 0 Å². The number of hydrogen-bond donors (Lipinski definition) is 2. The van der Waals surface area contributed by atoms with Crippen LogP contribution in [0.25, 0.3) is 33.5 Å². The van der Waals surface area contributed by atoms with Gasteiger partial charge in [0.2, 0.25) is 0 Å². The molecule has 4 aromatic rings. The molecule has 5 nitrogen and oxygen atoms in total. The smallest absolute Gasteiger partial charge is 0.177 e. The van der Waals surface area contributed by atoms with Gasteiger partial charge in [-0.2, -0.15) is 5.10 Å². The van der Waals surface area contributed by atoms with Gasteiger partial charge in [0.05, 0.1) is 16.7 Å². The molecule has 0 aliphatic carbocycles. The molecule has 0 bridgehead atoms. The summed E-state index contributed by atoms with van der Waals surface area (Å²) in [6.07, 6.45) is 0. The van der Waals surface area contributed by atoms with Crippen molar-refractivity contribution in [3.63, 3.8) is 0 Å². The summed E-state index contributed by atoms with van der Waals surface area (Å²) in [5.74, 6) is 1.63. The first-order valence-corrected chi connectivity index (χ1v) is 10.4. The molecular formula is C23H19N5S. The van der Waals surface area contributed by atoms with E-state index < -0.39 is 0 Å². The van der Waals surface area contributed by atoms with Crippen LogP contribution in [0.4, 0.5) is 0 Å². The number of amidine groups is 1. The number of hydrazone groups is 1. The first kappa shape index (κ1) is 17.7. The number of nitrogens with one attached hydrogen (secondary N) is 2. The number of aromatic nitrogens is 2. The molecule has 0 radical (unpaired) electrons. The summed E-state index contributed by atoms with van der Waals surface area (Å²) in [5.41, 5.74) is 10.4. The third-order valence-electron chi connectivity index (χ3n) is 4.92. The second-order valence-electron chi connectivity index (χ2n) is 6.72. The van der Waals surface area contributed by atoms with Gasteiger partial charge in [-0.05, 0) is 17.2 Å². The fraction of sp³-hybridized carbons (Fsp3) is 0.0870. The lowest BCUT2D eigenvalue weighted by Gasteiger charge is -2.14. The predicted molar refractivity (Wildman–Crippen MR) is 122 cm³/mol. The third-order valence-corrected chi connectivity index (χ3v) is 5.89. The predicted octanol–water partition coefficient (Wildman–Crippen LogP) is 4.92. The highest BCUT2D eigenvalue weighted by molar-refractivity contribution is 8.14. The van der Waals surface area contributed by atoms with Gasteiger partial charge in [-0.3, -0.25) is 10.4 Å². The van der Waals surface area contributed by atoms with E-state index in [4.69, 9.17) is 4.98 Å². The van der Waals surface area contributed by atoms with Crippen molar-refractivity contribution in [2.24, 2.45) is 10.1 Å². The third kappa shape index (κ3) is 3.43. The van der Waals surface area contributed by atoms with Crippen molar-refractivity contribution in [2.45, 2.75) is 0 Å². The van der Waals surface area contributed by atoms with Gasteiger partial charge < -0.3 is 4.98 Å². The van der Waals surface area contributed by atoms with Crippen LogP contribution < -0.4 is 5.43 Å². The minimum absolute atomic E-state index is 0.771. The molecule has 2 N–H and O–H groups in total. The van der Waals surface area contributed by atoms with Crippen molar-refractivity contribution in [1.29, 1.82) is 0 Å². The Morgan fingerprint density at radius 3 is 2.34 bits per heavy atom. The van der Waals surface area contributed by atoms with E-state index in [9.17, 15) is 0 Å². The van der Waals surface area contributed by atoms with Crippen molar-refractivity contribution in [2.75, 3.05) is 12.8 Å². The van der Waals surface area contributed by atoms with Crippen molar-refractivity contribution in [3.05, 3.63) is 78.4 Å². The van der Waals surface area contributed by atoms with Crippen LogP contribution in [0.1, 0.15) is 5.56 Å². The molecule has 0 fully saturated rings. The van der Waals surface area contributed by atoms with Crippen LogP contribution in [0.2, 0.25) is 0 Å². The SMILES string of the molecule is CN=C1NN=C(c2cccc3[nH]c(-c4ccc(-c5ccccc5)cc4)nc23)CS1. The Bertz CT molecular complexity index is 1220. The Hall–Kier alpha value is -3.38. The summed E-state index contributed by atoms with van der Waals surface area (Å²) in [7, 11) is 1.76. The topological polar surface area (TPSA) is 65.4 Å².